The molecular formula is C54H48O20. The highest BCUT2D eigenvalue weighted by atomic mass is 16.6. The van der Waals surface area contributed by atoms with Gasteiger partial charge >= 0.3 is 71.6 Å². The van der Waals surface area contributed by atoms with Gasteiger partial charge in [-0.15, -0.1) is 0 Å². The van der Waals surface area contributed by atoms with Gasteiger partial charge in [0.05, 0.1) is 82.9 Å². The summed E-state index contributed by atoms with van der Waals surface area (Å²) in [5.41, 5.74) is 0.922. The summed E-state index contributed by atoms with van der Waals surface area (Å²) in [5.74, 6) is -4.88. The van der Waals surface area contributed by atoms with Gasteiger partial charge in [-0.1, -0.05) is 61.4 Å². The van der Waals surface area contributed by atoms with Crippen LogP contribution >= 0.6 is 0 Å². The minimum Gasteiger partial charge on any atom is -0.393 e. The van der Waals surface area contributed by atoms with E-state index < -0.39 is 23.9 Å². The Balaban J connectivity index is 0.0000000904. The first-order valence-electron chi connectivity index (χ1n) is 25.4. The molecule has 74 heavy (non-hydrogen) atoms. The average Bonchev–Trinajstić information content (AvgIpc) is 4.23. The van der Waals surface area contributed by atoms with Gasteiger partial charge in [0, 0.05) is 5.39 Å². The lowest BCUT2D eigenvalue weighted by molar-refractivity contribution is -0.158. The van der Waals surface area contributed by atoms with Crippen LogP contribution in [0.5, 0.6) is 0 Å². The molecule has 0 spiro atoms. The number of cyclic esters (lactones) is 12. The number of fused-ring (bicyclic) bond motifs is 21. The van der Waals surface area contributed by atoms with Crippen molar-refractivity contribution in [3.05, 3.63) is 71.8 Å². The zero-order valence-electron chi connectivity index (χ0n) is 39.4. The van der Waals surface area contributed by atoms with Crippen LogP contribution in [0.4, 0.5) is 0 Å². The van der Waals surface area contributed by atoms with Crippen LogP contribution in [-0.4, -0.2) is 96.0 Å². The predicted molar refractivity (Wildman–Crippen MR) is 240 cm³/mol. The van der Waals surface area contributed by atoms with E-state index in [1.807, 2.05) is 36.4 Å². The third kappa shape index (κ3) is 7.85. The van der Waals surface area contributed by atoms with Crippen molar-refractivity contribution in [1.82, 2.24) is 0 Å². The standard InChI is InChI=1S/C12H6O3.C9H10O3.C9H8O3.C8H8O4.C8H6O4.C8H10O3/c13-11-8-5-1-3-7-4-2-6-9(10(7)8)12(14)15-11;2*10-8-6-4-1-2-5(3-4)7(6)9(11)12-8;2*9-7-5-3-1-2-4(11-3)6(5)8(10)12-7;9-7-5-3-1-2-4-6(5)8(10)11-7/h1-6H;4-7H,1-3H2;1-2,4-7H,3H2;3-6H,1-2H2;1-6H;5-6H,1-4H2. The van der Waals surface area contributed by atoms with Crippen molar-refractivity contribution in [2.24, 2.45) is 82.9 Å². The van der Waals surface area contributed by atoms with E-state index in [1.165, 1.54) is 0 Å². The molecule has 0 radical (unpaired) electrons. The highest BCUT2D eigenvalue weighted by molar-refractivity contribution is 6.20. The van der Waals surface area contributed by atoms with E-state index in [4.69, 9.17) is 9.47 Å². The SMILES string of the molecule is O=C1OC(=O)C2C3C=CC(C3)C12.O=C1OC(=O)C2C3C=CC(O3)C12.O=C1OC(=O)C2C3CCC(C3)C12.O=C1OC(=O)C2C3CCC(O3)C12.O=C1OC(=O)C2CCCCC12.O=C1OC(=O)c2cccc3cccc1c23. The Kier molecular flexibility index (Phi) is 11.9. The molecular weight excluding hydrogens is 969 g/mol. The van der Waals surface area contributed by atoms with Gasteiger partial charge in [-0.25, -0.2) is 9.59 Å². The third-order valence-electron chi connectivity index (χ3n) is 17.6. The van der Waals surface area contributed by atoms with Crippen LogP contribution < -0.4 is 0 Å². The number of esters is 12. The van der Waals surface area contributed by atoms with E-state index in [1.54, 1.807) is 24.3 Å². The number of ether oxygens (including phenoxy) is 8. The summed E-state index contributed by atoms with van der Waals surface area (Å²) in [7, 11) is 0. The average molecular weight is 1020 g/mol. The molecule has 384 valence electrons. The number of benzene rings is 2. The van der Waals surface area contributed by atoms with Gasteiger partial charge < -0.3 is 37.9 Å². The third-order valence-corrected chi connectivity index (χ3v) is 17.6. The van der Waals surface area contributed by atoms with Gasteiger partial charge in [0.2, 0.25) is 0 Å². The summed E-state index contributed by atoms with van der Waals surface area (Å²) in [6, 6.07) is 10.6. The van der Waals surface area contributed by atoms with Gasteiger partial charge in [0.25, 0.3) is 0 Å². The van der Waals surface area contributed by atoms with E-state index in [2.05, 4.69) is 28.4 Å². The minimum atomic E-state index is -0.565. The summed E-state index contributed by atoms with van der Waals surface area (Å²) >= 11 is 0. The summed E-state index contributed by atoms with van der Waals surface area (Å²) in [5, 5.41) is 1.58. The van der Waals surface area contributed by atoms with E-state index in [9.17, 15) is 57.5 Å². The van der Waals surface area contributed by atoms with E-state index in [-0.39, 0.29) is 143 Å². The fraction of sp³-hybridized carbons (Fsp3) is 0.519. The van der Waals surface area contributed by atoms with Crippen molar-refractivity contribution in [2.45, 2.75) is 88.6 Å². The first-order valence-corrected chi connectivity index (χ1v) is 25.4. The van der Waals surface area contributed by atoms with E-state index in [0.717, 1.165) is 69.6 Å². The number of carbonyl (C=O) groups is 12. The molecule has 10 aliphatic heterocycles. The van der Waals surface area contributed by atoms with Crippen LogP contribution in [0, 0.1) is 82.9 Å². The summed E-state index contributed by atoms with van der Waals surface area (Å²) in [6.07, 6.45) is 17.1. The van der Waals surface area contributed by atoms with Crippen LogP contribution in [0.1, 0.15) is 84.9 Å². The highest BCUT2D eigenvalue weighted by Gasteiger charge is 2.63. The fourth-order valence-corrected chi connectivity index (χ4v) is 14.3. The molecule has 0 N–H and O–H groups in total. The second-order valence-corrected chi connectivity index (χ2v) is 21.3. The van der Waals surface area contributed by atoms with Gasteiger partial charge in [0.15, 0.2) is 0 Å². The second-order valence-electron chi connectivity index (χ2n) is 21.3. The molecule has 8 bridgehead atoms. The molecule has 20 nitrogen and oxygen atoms in total. The smallest absolute Gasteiger partial charge is 0.346 e. The fourth-order valence-electron chi connectivity index (χ4n) is 14.3. The Morgan fingerprint density at radius 3 is 1.22 bits per heavy atom. The lowest BCUT2D eigenvalue weighted by atomic mass is 9.81. The Labute approximate surface area is 420 Å². The molecule has 0 amide bonds. The molecule has 20 heteroatoms. The monoisotopic (exact) mass is 1020 g/mol. The molecule has 17 rings (SSSR count). The van der Waals surface area contributed by atoms with Crippen molar-refractivity contribution in [2.75, 3.05) is 0 Å². The van der Waals surface area contributed by atoms with Gasteiger partial charge in [-0.2, -0.15) is 0 Å². The first-order chi connectivity index (χ1) is 35.6. The first kappa shape index (κ1) is 47.9. The Bertz CT molecular complexity index is 2650. The lowest BCUT2D eigenvalue weighted by Crippen LogP contribution is -2.29. The lowest BCUT2D eigenvalue weighted by Gasteiger charge is -2.18. The molecule has 0 aromatic heterocycles. The Morgan fingerprint density at radius 2 is 0.757 bits per heavy atom. The van der Waals surface area contributed by atoms with Gasteiger partial charge in [-0.3, -0.25) is 47.9 Å². The number of carbonyl (C=O) groups excluding carboxylic acids is 12. The Hall–Kier alpha value is -7.06. The molecule has 15 aliphatic rings. The normalized spacial score (nSPS) is 40.1. The maximum Gasteiger partial charge on any atom is 0.346 e. The van der Waals surface area contributed by atoms with Crippen molar-refractivity contribution >= 4 is 82.4 Å². The van der Waals surface area contributed by atoms with Gasteiger partial charge in [-0.05, 0) is 92.6 Å². The van der Waals surface area contributed by atoms with Crippen LogP contribution in [0.25, 0.3) is 10.8 Å². The largest absolute Gasteiger partial charge is 0.393 e. The minimum absolute atomic E-state index is 0.0426. The number of hydrogen-bond donors (Lipinski definition) is 0. The number of allylic oxidation sites excluding steroid dienone is 2. The molecule has 18 atom stereocenters. The van der Waals surface area contributed by atoms with Crippen LogP contribution in [-0.2, 0) is 85.8 Å². The van der Waals surface area contributed by atoms with Crippen LogP contribution in [0.3, 0.4) is 0 Å². The molecule has 12 fully saturated rings. The molecule has 10 heterocycles. The van der Waals surface area contributed by atoms with Crippen LogP contribution in [0.2, 0.25) is 0 Å². The van der Waals surface area contributed by atoms with Crippen molar-refractivity contribution in [3.63, 3.8) is 0 Å². The molecule has 18 unspecified atom stereocenters. The Morgan fingerprint density at radius 1 is 0.351 bits per heavy atom. The quantitative estimate of drug-likeness (QED) is 0.157. The second kappa shape index (κ2) is 18.4. The molecule has 5 aliphatic carbocycles. The highest BCUT2D eigenvalue weighted by Crippen LogP contribution is 2.56. The molecule has 4 saturated carbocycles. The van der Waals surface area contributed by atoms with Crippen molar-refractivity contribution < 1.29 is 95.4 Å². The molecule has 8 saturated heterocycles. The van der Waals surface area contributed by atoms with Gasteiger partial charge in [0.1, 0.15) is 11.8 Å². The summed E-state index contributed by atoms with van der Waals surface area (Å²) in [6.45, 7) is 0. The number of rotatable bonds is 0. The topological polar surface area (TPSA) is 279 Å². The maximum absolute atomic E-state index is 11.4. The van der Waals surface area contributed by atoms with E-state index in [0.29, 0.717) is 28.3 Å². The van der Waals surface area contributed by atoms with Crippen molar-refractivity contribution in [1.29, 1.82) is 0 Å². The predicted octanol–water partition coefficient (Wildman–Crippen LogP) is 3.77. The zero-order valence-corrected chi connectivity index (χ0v) is 39.4. The molecule has 2 aromatic carbocycles. The van der Waals surface area contributed by atoms with Crippen LogP contribution in [0.15, 0.2) is 60.7 Å². The maximum atomic E-state index is 11.4. The number of hydrogen-bond acceptors (Lipinski definition) is 20. The summed E-state index contributed by atoms with van der Waals surface area (Å²) < 4.78 is 38.2. The summed E-state index contributed by atoms with van der Waals surface area (Å²) in [4.78, 5) is 134. The molecule has 2 aromatic rings. The zero-order chi connectivity index (χ0) is 51.4. The van der Waals surface area contributed by atoms with E-state index >= 15 is 0 Å². The van der Waals surface area contributed by atoms with Crippen molar-refractivity contribution in [3.8, 4) is 0 Å².